The Morgan fingerprint density at radius 1 is 1.22 bits per heavy atom. The van der Waals surface area contributed by atoms with E-state index in [0.29, 0.717) is 16.1 Å². The van der Waals surface area contributed by atoms with Gasteiger partial charge in [-0.05, 0) is 68.8 Å². The molecule has 138 valence electrons. The maximum absolute atomic E-state index is 6.48. The molecule has 2 aromatic carbocycles. The third-order valence-electron chi connectivity index (χ3n) is 5.76. The highest BCUT2D eigenvalue weighted by Crippen LogP contribution is 2.33. The Labute approximate surface area is 167 Å². The lowest BCUT2D eigenvalue weighted by Gasteiger charge is -2.18. The molecule has 3 heterocycles. The number of H-pyrrole nitrogens is 1. The molecule has 0 amide bonds. The number of aromatic nitrogens is 3. The first-order valence-corrected chi connectivity index (χ1v) is 9.99. The van der Waals surface area contributed by atoms with E-state index in [1.54, 1.807) is 6.07 Å². The van der Waals surface area contributed by atoms with Gasteiger partial charge in [0.25, 0.3) is 0 Å². The Bertz CT molecular complexity index is 1140. The molecule has 1 aliphatic rings. The molecule has 0 radical (unpaired) electrons. The number of aromatic amines is 1. The fourth-order valence-electron chi connectivity index (χ4n) is 4.21. The van der Waals surface area contributed by atoms with Gasteiger partial charge < -0.3 is 9.88 Å². The van der Waals surface area contributed by atoms with Crippen LogP contribution >= 0.6 is 23.2 Å². The highest BCUT2D eigenvalue weighted by atomic mass is 35.5. The number of hydrogen-bond acceptors (Lipinski definition) is 2. The molecule has 2 aromatic heterocycles. The summed E-state index contributed by atoms with van der Waals surface area (Å²) < 4.78 is 2.02. The fourth-order valence-corrected chi connectivity index (χ4v) is 4.62. The standard InChI is InChI=1S/C21H20Cl2N4/c1-26-8-2-3-14(26)9-13-11-24-18-6-4-15(10-16(13)18)27-12-25-19-7-5-17(22)20(23)21(19)27/h4-7,10-12,14,24H,2-3,8-9H2,1H3/t14-/m1/s1. The first-order valence-electron chi connectivity index (χ1n) is 9.23. The van der Waals surface area contributed by atoms with E-state index >= 15 is 0 Å². The zero-order valence-electron chi connectivity index (χ0n) is 15.0. The van der Waals surface area contributed by atoms with Crippen LogP contribution in [-0.2, 0) is 6.42 Å². The summed E-state index contributed by atoms with van der Waals surface area (Å²) in [5.74, 6) is 0. The molecule has 0 bridgehead atoms. The number of nitrogens with one attached hydrogen (secondary N) is 1. The number of benzene rings is 2. The first-order chi connectivity index (χ1) is 13.1. The first kappa shape index (κ1) is 17.1. The topological polar surface area (TPSA) is 36.9 Å². The second-order valence-electron chi connectivity index (χ2n) is 7.37. The van der Waals surface area contributed by atoms with E-state index < -0.39 is 0 Å². The van der Waals surface area contributed by atoms with Crippen LogP contribution in [0.15, 0.2) is 42.9 Å². The number of rotatable bonds is 3. The second kappa shape index (κ2) is 6.55. The molecule has 0 unspecified atom stereocenters. The Morgan fingerprint density at radius 2 is 2.11 bits per heavy atom. The van der Waals surface area contributed by atoms with Crippen LogP contribution in [0.25, 0.3) is 27.6 Å². The Morgan fingerprint density at radius 3 is 2.93 bits per heavy atom. The molecule has 0 aliphatic carbocycles. The summed E-state index contributed by atoms with van der Waals surface area (Å²) in [6, 6.07) is 10.7. The lowest BCUT2D eigenvalue weighted by atomic mass is 10.0. The lowest BCUT2D eigenvalue weighted by molar-refractivity contribution is 0.310. The second-order valence-corrected chi connectivity index (χ2v) is 8.15. The summed E-state index contributed by atoms with van der Waals surface area (Å²) in [6.07, 6.45) is 7.58. The van der Waals surface area contributed by atoms with E-state index in [2.05, 4.69) is 46.3 Å². The molecule has 1 fully saturated rings. The molecule has 0 spiro atoms. The minimum atomic E-state index is 0.536. The Balaban J connectivity index is 1.61. The maximum atomic E-state index is 6.48. The van der Waals surface area contributed by atoms with Crippen molar-refractivity contribution in [3.05, 3.63) is 58.5 Å². The van der Waals surface area contributed by atoms with E-state index in [-0.39, 0.29) is 0 Å². The molecule has 0 saturated carbocycles. The van der Waals surface area contributed by atoms with Crippen molar-refractivity contribution >= 4 is 45.1 Å². The highest BCUT2D eigenvalue weighted by molar-refractivity contribution is 6.45. The maximum Gasteiger partial charge on any atom is 0.100 e. The Kier molecular flexibility index (Phi) is 4.15. The molecule has 5 rings (SSSR count). The van der Waals surface area contributed by atoms with Crippen LogP contribution in [0.4, 0.5) is 0 Å². The number of halogens is 2. The number of imidazole rings is 1. The van der Waals surface area contributed by atoms with Gasteiger partial charge in [-0.3, -0.25) is 4.57 Å². The Hall–Kier alpha value is -2.01. The summed E-state index contributed by atoms with van der Waals surface area (Å²) in [5, 5.41) is 2.33. The SMILES string of the molecule is CN1CCC[C@@H]1Cc1c[nH]c2ccc(-n3cnc4ccc(Cl)c(Cl)c43)cc12. The quantitative estimate of drug-likeness (QED) is 0.497. The highest BCUT2D eigenvalue weighted by Gasteiger charge is 2.22. The fraction of sp³-hybridized carbons (Fsp3) is 0.286. The van der Waals surface area contributed by atoms with Crippen LogP contribution in [0.2, 0.25) is 10.0 Å². The molecule has 4 nitrogen and oxygen atoms in total. The van der Waals surface area contributed by atoms with Crippen LogP contribution in [0.3, 0.4) is 0 Å². The van der Waals surface area contributed by atoms with Crippen molar-refractivity contribution in [2.24, 2.45) is 0 Å². The molecule has 4 aromatic rings. The van der Waals surface area contributed by atoms with Gasteiger partial charge in [0.15, 0.2) is 0 Å². The van der Waals surface area contributed by atoms with Crippen LogP contribution in [-0.4, -0.2) is 39.1 Å². The predicted octanol–water partition coefficient (Wildman–Crippen LogP) is 5.45. The smallest absolute Gasteiger partial charge is 0.100 e. The number of fused-ring (bicyclic) bond motifs is 2. The lowest BCUT2D eigenvalue weighted by Crippen LogP contribution is -2.26. The van der Waals surface area contributed by atoms with Gasteiger partial charge >= 0.3 is 0 Å². The van der Waals surface area contributed by atoms with Gasteiger partial charge in [0.1, 0.15) is 6.33 Å². The zero-order chi connectivity index (χ0) is 18.5. The minimum Gasteiger partial charge on any atom is -0.361 e. The molecular weight excluding hydrogens is 379 g/mol. The van der Waals surface area contributed by atoms with Crippen molar-refractivity contribution < 1.29 is 0 Å². The van der Waals surface area contributed by atoms with E-state index in [4.69, 9.17) is 23.2 Å². The summed E-state index contributed by atoms with van der Waals surface area (Å²) in [6.45, 7) is 1.19. The van der Waals surface area contributed by atoms with E-state index in [1.165, 1.54) is 30.3 Å². The van der Waals surface area contributed by atoms with Gasteiger partial charge in [0.05, 0.1) is 21.1 Å². The molecule has 1 aliphatic heterocycles. The van der Waals surface area contributed by atoms with Gasteiger partial charge in [0.2, 0.25) is 0 Å². The van der Waals surface area contributed by atoms with E-state index in [9.17, 15) is 0 Å². The third kappa shape index (κ3) is 2.83. The van der Waals surface area contributed by atoms with Gasteiger partial charge in [-0.15, -0.1) is 0 Å². The predicted molar refractivity (Wildman–Crippen MR) is 112 cm³/mol. The monoisotopic (exact) mass is 398 g/mol. The molecular formula is C21H20Cl2N4. The summed E-state index contributed by atoms with van der Waals surface area (Å²) >= 11 is 12.7. The normalized spacial score (nSPS) is 18.1. The zero-order valence-corrected chi connectivity index (χ0v) is 16.6. The van der Waals surface area contributed by atoms with Crippen molar-refractivity contribution in [2.75, 3.05) is 13.6 Å². The summed E-state index contributed by atoms with van der Waals surface area (Å²) in [5.41, 5.74) is 5.24. The molecule has 1 atom stereocenters. The average Bonchev–Trinajstić information content (AvgIpc) is 3.38. The van der Waals surface area contributed by atoms with Crippen LogP contribution in [0, 0.1) is 0 Å². The summed E-state index contributed by atoms with van der Waals surface area (Å²) in [7, 11) is 2.22. The number of likely N-dealkylation sites (N-methyl/N-ethyl adjacent to an activating group) is 1. The number of likely N-dealkylation sites (tertiary alicyclic amines) is 1. The molecule has 6 heteroatoms. The molecule has 1 N–H and O–H groups in total. The van der Waals surface area contributed by atoms with Crippen LogP contribution in [0.5, 0.6) is 0 Å². The van der Waals surface area contributed by atoms with Crippen molar-refractivity contribution in [3.8, 4) is 5.69 Å². The minimum absolute atomic E-state index is 0.536. The van der Waals surface area contributed by atoms with Crippen molar-refractivity contribution in [2.45, 2.75) is 25.3 Å². The van der Waals surface area contributed by atoms with Crippen molar-refractivity contribution in [1.29, 1.82) is 0 Å². The number of nitrogens with zero attached hydrogens (tertiary/aromatic N) is 3. The van der Waals surface area contributed by atoms with E-state index in [1.807, 2.05) is 17.0 Å². The van der Waals surface area contributed by atoms with Crippen molar-refractivity contribution in [3.63, 3.8) is 0 Å². The van der Waals surface area contributed by atoms with Crippen molar-refractivity contribution in [1.82, 2.24) is 19.4 Å². The van der Waals surface area contributed by atoms with Gasteiger partial charge in [-0.1, -0.05) is 23.2 Å². The van der Waals surface area contributed by atoms with Crippen LogP contribution < -0.4 is 0 Å². The number of hydrogen-bond donors (Lipinski definition) is 1. The summed E-state index contributed by atoms with van der Waals surface area (Å²) in [4.78, 5) is 10.4. The average molecular weight is 399 g/mol. The largest absolute Gasteiger partial charge is 0.361 e. The van der Waals surface area contributed by atoms with Gasteiger partial charge in [-0.25, -0.2) is 4.98 Å². The molecule has 1 saturated heterocycles. The van der Waals surface area contributed by atoms with Crippen LogP contribution in [0.1, 0.15) is 18.4 Å². The third-order valence-corrected chi connectivity index (χ3v) is 6.55. The van der Waals surface area contributed by atoms with Gasteiger partial charge in [0, 0.05) is 28.8 Å². The van der Waals surface area contributed by atoms with Gasteiger partial charge in [-0.2, -0.15) is 0 Å². The van der Waals surface area contributed by atoms with E-state index in [0.717, 1.165) is 28.7 Å². The molecule has 27 heavy (non-hydrogen) atoms.